The van der Waals surface area contributed by atoms with E-state index < -0.39 is 20.5 Å². The Balaban J connectivity index is 1.48. The number of ether oxygens (including phenoxy) is 3. The molecule has 4 heterocycles. The fourth-order valence-corrected chi connectivity index (χ4v) is 4.31. The van der Waals surface area contributed by atoms with Crippen LogP contribution in [0.1, 0.15) is 45.6 Å². The molecule has 0 aromatic carbocycles. The summed E-state index contributed by atoms with van der Waals surface area (Å²) in [6, 6.07) is 0.320. The molecule has 1 unspecified atom stereocenters. The maximum atomic E-state index is 10.5. The number of rotatable bonds is 6. The lowest BCUT2D eigenvalue weighted by Gasteiger charge is -2.37. The predicted molar refractivity (Wildman–Crippen MR) is 117 cm³/mol. The first-order valence-corrected chi connectivity index (χ1v) is 13.7. The average Bonchev–Trinajstić information content (AvgIpc) is 3.30. The number of nitrogens with zero attached hydrogens (tertiary/aromatic N) is 4. The van der Waals surface area contributed by atoms with Gasteiger partial charge in [-0.15, -0.1) is 0 Å². The van der Waals surface area contributed by atoms with Gasteiger partial charge in [0.1, 0.15) is 18.2 Å². The third-order valence-electron chi connectivity index (χ3n) is 6.31. The molecule has 3 atom stereocenters. The number of aliphatic hydroxyl groups excluding tert-OH is 1. The van der Waals surface area contributed by atoms with Crippen LogP contribution in [-0.4, -0.2) is 64.7 Å². The highest BCUT2D eigenvalue weighted by molar-refractivity contribution is 6.74. The average molecular weight is 449 g/mol. The molecular weight excluding hydrogens is 416 g/mol. The van der Waals surface area contributed by atoms with Gasteiger partial charge in [0.05, 0.1) is 25.0 Å². The second-order valence-corrected chi connectivity index (χ2v) is 14.4. The maximum absolute atomic E-state index is 10.5. The van der Waals surface area contributed by atoms with Gasteiger partial charge >= 0.3 is 6.01 Å². The van der Waals surface area contributed by atoms with E-state index >= 15 is 0 Å². The Hall–Kier alpha value is -2.01. The van der Waals surface area contributed by atoms with E-state index in [9.17, 15) is 5.11 Å². The summed E-state index contributed by atoms with van der Waals surface area (Å²) < 4.78 is 25.4. The van der Waals surface area contributed by atoms with Crippen molar-refractivity contribution in [2.45, 2.75) is 76.7 Å². The zero-order valence-corrected chi connectivity index (χ0v) is 19.9. The second-order valence-electron chi connectivity index (χ2n) is 9.61. The van der Waals surface area contributed by atoms with Gasteiger partial charge in [0.15, 0.2) is 20.1 Å². The molecule has 1 saturated heterocycles. The van der Waals surface area contributed by atoms with Crippen LogP contribution in [0.3, 0.4) is 0 Å². The van der Waals surface area contributed by atoms with Gasteiger partial charge in [-0.1, -0.05) is 20.8 Å². The quantitative estimate of drug-likeness (QED) is 0.673. The van der Waals surface area contributed by atoms with Crippen molar-refractivity contribution >= 4 is 19.7 Å². The van der Waals surface area contributed by atoms with Crippen LogP contribution in [0.25, 0.3) is 11.4 Å². The lowest BCUT2D eigenvalue weighted by molar-refractivity contribution is -0.110. The fraction of sp³-hybridized carbons (Fsp3) is 0.667. The number of fused-ring (bicyclic) bond motifs is 1. The van der Waals surface area contributed by atoms with Crippen molar-refractivity contribution in [3.8, 4) is 6.01 Å². The molecule has 2 aromatic rings. The molecule has 0 radical (unpaired) electrons. The Labute approximate surface area is 183 Å². The van der Waals surface area contributed by atoms with Crippen LogP contribution in [0, 0.1) is 0 Å². The van der Waals surface area contributed by atoms with Gasteiger partial charge < -0.3 is 23.7 Å². The summed E-state index contributed by atoms with van der Waals surface area (Å²) >= 11 is 0. The summed E-state index contributed by atoms with van der Waals surface area (Å²) in [5.74, 6) is 0.532. The summed E-state index contributed by atoms with van der Waals surface area (Å²) in [5, 5.41) is 15.0. The van der Waals surface area contributed by atoms with Crippen LogP contribution < -0.4 is 4.74 Å². The van der Waals surface area contributed by atoms with E-state index in [2.05, 4.69) is 48.9 Å². The number of aromatic nitrogens is 4. The summed E-state index contributed by atoms with van der Waals surface area (Å²) in [5.41, 5.74) is 1.22. The molecular formula is C21H32N4O5Si. The summed E-state index contributed by atoms with van der Waals surface area (Å²) in [4.78, 5) is 8.56. The number of hydrogen-bond acceptors (Lipinski definition) is 8. The molecule has 170 valence electrons. The largest absolute Gasteiger partial charge is 0.484 e. The van der Waals surface area contributed by atoms with E-state index in [1.165, 1.54) is 10.8 Å². The molecule has 0 aliphatic carbocycles. The van der Waals surface area contributed by atoms with Crippen molar-refractivity contribution in [2.75, 3.05) is 13.2 Å². The summed E-state index contributed by atoms with van der Waals surface area (Å²) in [6.45, 7) is 11.9. The van der Waals surface area contributed by atoms with Gasteiger partial charge in [-0.3, -0.25) is 0 Å². The molecule has 31 heavy (non-hydrogen) atoms. The van der Waals surface area contributed by atoms with E-state index in [1.807, 2.05) is 0 Å². The van der Waals surface area contributed by atoms with Crippen LogP contribution in [0.4, 0.5) is 0 Å². The molecule has 0 bridgehead atoms. The molecule has 0 spiro atoms. The highest BCUT2D eigenvalue weighted by atomic mass is 28.4. The Bertz CT molecular complexity index is 949. The zero-order valence-electron chi connectivity index (χ0n) is 18.9. The zero-order chi connectivity index (χ0) is 22.2. The maximum Gasteiger partial charge on any atom is 0.323 e. The Kier molecular flexibility index (Phi) is 6.08. The lowest BCUT2D eigenvalue weighted by atomic mass is 10.2. The number of hydrogen-bond donors (Lipinski definition) is 1. The Morgan fingerprint density at radius 3 is 2.77 bits per heavy atom. The molecule has 0 amide bonds. The molecule has 2 aliphatic heterocycles. The molecule has 1 fully saturated rings. The van der Waals surface area contributed by atoms with E-state index in [0.717, 1.165) is 19.3 Å². The van der Waals surface area contributed by atoms with Crippen molar-refractivity contribution in [3.05, 3.63) is 24.2 Å². The van der Waals surface area contributed by atoms with E-state index in [0.29, 0.717) is 36.2 Å². The first-order valence-electron chi connectivity index (χ1n) is 10.8. The highest BCUT2D eigenvalue weighted by Gasteiger charge is 2.39. The van der Waals surface area contributed by atoms with Crippen LogP contribution >= 0.6 is 0 Å². The molecule has 2 aromatic heterocycles. The molecule has 0 saturated carbocycles. The van der Waals surface area contributed by atoms with Gasteiger partial charge in [0.2, 0.25) is 6.29 Å². The minimum Gasteiger partial charge on any atom is -0.484 e. The summed E-state index contributed by atoms with van der Waals surface area (Å²) in [6.07, 6.45) is 6.12. The van der Waals surface area contributed by atoms with Crippen molar-refractivity contribution in [1.29, 1.82) is 0 Å². The monoisotopic (exact) mass is 448 g/mol. The Morgan fingerprint density at radius 1 is 1.26 bits per heavy atom. The fourth-order valence-electron chi connectivity index (χ4n) is 3.30. The smallest absolute Gasteiger partial charge is 0.323 e. The minimum atomic E-state index is -1.94. The Morgan fingerprint density at radius 2 is 2.06 bits per heavy atom. The van der Waals surface area contributed by atoms with Crippen molar-refractivity contribution in [1.82, 2.24) is 19.6 Å². The third-order valence-corrected chi connectivity index (χ3v) is 10.8. The van der Waals surface area contributed by atoms with Gasteiger partial charge in [0.25, 0.3) is 0 Å². The normalized spacial score (nSPS) is 24.8. The predicted octanol–water partition coefficient (Wildman–Crippen LogP) is 3.15. The lowest BCUT2D eigenvalue weighted by Crippen LogP contribution is -2.44. The molecule has 1 N–H and O–H groups in total. The van der Waals surface area contributed by atoms with Gasteiger partial charge in [0, 0.05) is 6.42 Å². The highest BCUT2D eigenvalue weighted by Crippen LogP contribution is 2.37. The van der Waals surface area contributed by atoms with E-state index in [4.69, 9.17) is 18.6 Å². The molecule has 2 aliphatic rings. The van der Waals surface area contributed by atoms with E-state index in [-0.39, 0.29) is 11.3 Å². The van der Waals surface area contributed by atoms with Crippen molar-refractivity contribution in [2.24, 2.45) is 0 Å². The molecule has 9 nitrogen and oxygen atoms in total. The molecule has 10 heteroatoms. The van der Waals surface area contributed by atoms with Crippen LogP contribution in [-0.2, 0) is 13.9 Å². The van der Waals surface area contributed by atoms with Crippen molar-refractivity contribution < 1.29 is 23.7 Å². The second kappa shape index (κ2) is 8.49. The topological polar surface area (TPSA) is 100 Å². The third kappa shape index (κ3) is 4.62. The SMILES string of the molecule is CC(C)(C)[Si](C)(C)OC[C@H]1OC(c2cnn3c(OC4CCCCO4)ncnc23)=C[C@@H]1O. The van der Waals surface area contributed by atoms with Gasteiger partial charge in [-0.05, 0) is 37.0 Å². The van der Waals surface area contributed by atoms with Gasteiger partial charge in [-0.2, -0.15) is 14.6 Å². The summed E-state index contributed by atoms with van der Waals surface area (Å²) in [7, 11) is -1.94. The van der Waals surface area contributed by atoms with Crippen LogP contribution in [0.2, 0.25) is 18.1 Å². The van der Waals surface area contributed by atoms with Crippen molar-refractivity contribution in [3.63, 3.8) is 0 Å². The first-order chi connectivity index (χ1) is 14.7. The van der Waals surface area contributed by atoms with Gasteiger partial charge in [-0.25, -0.2) is 4.98 Å². The minimum absolute atomic E-state index is 0.0879. The van der Waals surface area contributed by atoms with Crippen LogP contribution in [0.5, 0.6) is 6.01 Å². The van der Waals surface area contributed by atoms with Crippen LogP contribution in [0.15, 0.2) is 18.6 Å². The van der Waals surface area contributed by atoms with E-state index in [1.54, 1.807) is 12.3 Å². The molecule has 4 rings (SSSR count). The standard InChI is InChI=1S/C21H32N4O5Si/c1-21(2,3)31(4,5)28-12-17-15(26)10-16(29-17)14-11-24-25-19(14)22-13-23-20(25)30-18-8-6-7-9-27-18/h10-11,13,15,17-18,26H,6-9,12H2,1-5H3/t15-,17+,18?/m0/s1. The first kappa shape index (κ1) is 22.2. The number of aliphatic hydroxyl groups is 1.